The molecule has 206 valence electrons. The van der Waals surface area contributed by atoms with E-state index in [-0.39, 0.29) is 35.7 Å². The van der Waals surface area contributed by atoms with Gasteiger partial charge in [-0.05, 0) is 74.9 Å². The van der Waals surface area contributed by atoms with Crippen LogP contribution in [0.4, 0.5) is 14.6 Å². The maximum Gasteiger partial charge on any atom is 0.202 e. The fraction of sp³-hybridized carbons (Fsp3) is 0.423. The van der Waals surface area contributed by atoms with E-state index >= 15 is 4.39 Å². The first kappa shape index (κ1) is 26.6. The molecule has 0 amide bonds. The number of anilines is 1. The Hall–Kier alpha value is -3.97. The predicted molar refractivity (Wildman–Crippen MR) is 140 cm³/mol. The van der Waals surface area contributed by atoms with Crippen molar-refractivity contribution in [1.82, 2.24) is 39.9 Å². The summed E-state index contributed by atoms with van der Waals surface area (Å²) in [5, 5.41) is 16.1. The summed E-state index contributed by atoms with van der Waals surface area (Å²) >= 11 is 0. The molecule has 11 nitrogen and oxygen atoms in total. The van der Waals surface area contributed by atoms with Gasteiger partial charge in [0.2, 0.25) is 5.82 Å². The third-order valence-electron chi connectivity index (χ3n) is 6.64. The average molecular weight is 540 g/mol. The quantitative estimate of drug-likeness (QED) is 0.302. The summed E-state index contributed by atoms with van der Waals surface area (Å²) < 4.78 is 44.0. The van der Waals surface area contributed by atoms with Crippen LogP contribution in [0.1, 0.15) is 31.7 Å². The molecular formula is C26H31F2N9O2. The van der Waals surface area contributed by atoms with E-state index in [0.717, 1.165) is 41.6 Å². The van der Waals surface area contributed by atoms with Crippen LogP contribution in [0.25, 0.3) is 28.2 Å². The van der Waals surface area contributed by atoms with Gasteiger partial charge >= 0.3 is 0 Å². The third-order valence-corrected chi connectivity index (χ3v) is 6.64. The van der Waals surface area contributed by atoms with Crippen LogP contribution in [-0.2, 0) is 4.74 Å². The number of unbranched alkanes of at least 4 members (excludes halogenated alkanes) is 1. The molecule has 39 heavy (non-hydrogen) atoms. The molecule has 4 heterocycles. The first-order valence-electron chi connectivity index (χ1n) is 12.8. The Balaban J connectivity index is 1.38. The van der Waals surface area contributed by atoms with Gasteiger partial charge in [0.05, 0.1) is 24.4 Å². The Kier molecular flexibility index (Phi) is 8.07. The van der Waals surface area contributed by atoms with E-state index in [1.165, 1.54) is 12.1 Å². The molecule has 0 atom stereocenters. The number of nitrogens with two attached hydrogens (primary N) is 1. The highest BCUT2D eigenvalue weighted by Gasteiger charge is 2.23. The number of pyridine rings is 1. The van der Waals surface area contributed by atoms with E-state index in [9.17, 15) is 4.39 Å². The van der Waals surface area contributed by atoms with E-state index in [4.69, 9.17) is 15.2 Å². The van der Waals surface area contributed by atoms with E-state index < -0.39 is 11.6 Å². The number of nitrogen functional groups attached to an aromatic ring is 1. The molecule has 1 fully saturated rings. The number of nitrogens with zero attached hydrogens (tertiary/aromatic N) is 8. The van der Waals surface area contributed by atoms with Crippen LogP contribution in [0.3, 0.4) is 0 Å². The third kappa shape index (κ3) is 5.88. The highest BCUT2D eigenvalue weighted by atomic mass is 19.2. The van der Waals surface area contributed by atoms with Crippen LogP contribution in [0.15, 0.2) is 36.8 Å². The zero-order chi connectivity index (χ0) is 27.4. The molecule has 0 aliphatic carbocycles. The molecule has 0 radical (unpaired) electrons. The minimum atomic E-state index is -1.13. The Bertz CT molecular complexity index is 1420. The summed E-state index contributed by atoms with van der Waals surface area (Å²) in [6.45, 7) is 2.58. The molecule has 3 aromatic heterocycles. The van der Waals surface area contributed by atoms with E-state index in [0.29, 0.717) is 25.2 Å². The first-order valence-corrected chi connectivity index (χ1v) is 12.8. The second-order valence-electron chi connectivity index (χ2n) is 9.69. The Labute approximate surface area is 224 Å². The van der Waals surface area contributed by atoms with Gasteiger partial charge in [0, 0.05) is 36.7 Å². The number of tetrazole rings is 1. The largest absolute Gasteiger partial charge is 0.490 e. The Morgan fingerprint density at radius 2 is 1.92 bits per heavy atom. The second-order valence-corrected chi connectivity index (χ2v) is 9.69. The van der Waals surface area contributed by atoms with Crippen molar-refractivity contribution in [2.24, 2.45) is 0 Å². The van der Waals surface area contributed by atoms with Crippen molar-refractivity contribution in [3.05, 3.63) is 48.4 Å². The van der Waals surface area contributed by atoms with Crippen LogP contribution < -0.4 is 10.5 Å². The predicted octanol–water partition coefficient (Wildman–Crippen LogP) is 3.52. The van der Waals surface area contributed by atoms with Gasteiger partial charge in [-0.15, -0.1) is 5.10 Å². The molecule has 0 bridgehead atoms. The number of halogens is 2. The van der Waals surface area contributed by atoms with Crippen LogP contribution >= 0.6 is 0 Å². The monoisotopic (exact) mass is 539 g/mol. The van der Waals surface area contributed by atoms with Crippen molar-refractivity contribution in [2.75, 3.05) is 46.2 Å². The fourth-order valence-corrected chi connectivity index (χ4v) is 4.47. The second kappa shape index (κ2) is 11.8. The minimum Gasteiger partial charge on any atom is -0.490 e. The van der Waals surface area contributed by atoms with Crippen molar-refractivity contribution in [3.63, 3.8) is 0 Å². The van der Waals surface area contributed by atoms with Crippen molar-refractivity contribution in [1.29, 1.82) is 0 Å². The standard InChI is InChI=1S/C26H31F2N9O2/c1-35(2)9-3-4-10-39-22-6-5-21(23(27)24(22)28)37-26(32-33-34-37)20-13-17(14-30-25(20)29)18-15-31-36(16-18)19-7-11-38-12-8-19/h5-6,13-16,19H,3-4,7-12H2,1-2H3,(H2,29,30). The number of aromatic nitrogens is 7. The Morgan fingerprint density at radius 3 is 2.72 bits per heavy atom. The molecule has 13 heteroatoms. The van der Waals surface area contributed by atoms with Gasteiger partial charge in [0.1, 0.15) is 11.5 Å². The molecule has 0 unspecified atom stereocenters. The van der Waals surface area contributed by atoms with Crippen LogP contribution in [0.2, 0.25) is 0 Å². The van der Waals surface area contributed by atoms with Crippen LogP contribution in [0.5, 0.6) is 5.75 Å². The number of hydrogen-bond acceptors (Lipinski definition) is 9. The molecule has 1 aliphatic rings. The van der Waals surface area contributed by atoms with Gasteiger partial charge in [-0.2, -0.15) is 14.2 Å². The lowest BCUT2D eigenvalue weighted by molar-refractivity contribution is 0.0662. The van der Waals surface area contributed by atoms with Crippen molar-refractivity contribution in [3.8, 4) is 34.0 Å². The van der Waals surface area contributed by atoms with Gasteiger partial charge in [0.25, 0.3) is 0 Å². The lowest BCUT2D eigenvalue weighted by Crippen LogP contribution is -2.19. The maximum atomic E-state index is 15.2. The summed E-state index contributed by atoms with van der Waals surface area (Å²) in [4.78, 5) is 6.36. The van der Waals surface area contributed by atoms with Gasteiger partial charge in [0.15, 0.2) is 17.4 Å². The van der Waals surface area contributed by atoms with Gasteiger partial charge in [-0.25, -0.2) is 9.37 Å². The highest BCUT2D eigenvalue weighted by Crippen LogP contribution is 2.32. The summed E-state index contributed by atoms with van der Waals surface area (Å²) in [5.41, 5.74) is 7.93. The molecule has 0 spiro atoms. The SMILES string of the molecule is CN(C)CCCCOc1ccc(-n2nnnc2-c2cc(-c3cnn(C4CCOCC4)c3)cnc2N)c(F)c1F. The summed E-state index contributed by atoms with van der Waals surface area (Å²) in [7, 11) is 3.95. The van der Waals surface area contributed by atoms with Crippen LogP contribution in [0, 0.1) is 11.6 Å². The molecule has 1 aliphatic heterocycles. The fourth-order valence-electron chi connectivity index (χ4n) is 4.47. The number of benzene rings is 1. The molecule has 1 saturated heterocycles. The lowest BCUT2D eigenvalue weighted by atomic mass is 10.1. The molecule has 4 aromatic rings. The topological polar surface area (TPSA) is 122 Å². The zero-order valence-electron chi connectivity index (χ0n) is 21.9. The van der Waals surface area contributed by atoms with Gasteiger partial charge in [-0.1, -0.05) is 0 Å². The number of hydrogen-bond donors (Lipinski definition) is 1. The van der Waals surface area contributed by atoms with Crippen molar-refractivity contribution < 1.29 is 18.3 Å². The normalized spacial score (nSPS) is 14.3. The van der Waals surface area contributed by atoms with Crippen molar-refractivity contribution in [2.45, 2.75) is 31.7 Å². The van der Waals surface area contributed by atoms with E-state index in [1.807, 2.05) is 25.0 Å². The molecule has 5 rings (SSSR count). The zero-order valence-corrected chi connectivity index (χ0v) is 21.9. The summed E-state index contributed by atoms with van der Waals surface area (Å²) in [6, 6.07) is 4.77. The van der Waals surface area contributed by atoms with E-state index in [2.05, 4.69) is 30.5 Å². The molecule has 1 aromatic carbocycles. The summed E-state index contributed by atoms with van der Waals surface area (Å²) in [5.74, 6) is -2.14. The number of rotatable bonds is 10. The van der Waals surface area contributed by atoms with E-state index in [1.54, 1.807) is 18.5 Å². The Morgan fingerprint density at radius 1 is 1.10 bits per heavy atom. The summed E-state index contributed by atoms with van der Waals surface area (Å²) in [6.07, 6.45) is 8.72. The maximum absolute atomic E-state index is 15.2. The minimum absolute atomic E-state index is 0.120. The molecule has 0 saturated carbocycles. The molecular weight excluding hydrogens is 508 g/mol. The lowest BCUT2D eigenvalue weighted by Gasteiger charge is -2.22. The highest BCUT2D eigenvalue weighted by molar-refractivity contribution is 5.76. The van der Waals surface area contributed by atoms with Gasteiger partial charge < -0.3 is 20.1 Å². The van der Waals surface area contributed by atoms with Gasteiger partial charge in [-0.3, -0.25) is 4.68 Å². The van der Waals surface area contributed by atoms with Crippen LogP contribution in [-0.4, -0.2) is 80.3 Å². The number of ether oxygens (including phenoxy) is 2. The van der Waals surface area contributed by atoms with Crippen molar-refractivity contribution >= 4 is 5.82 Å². The average Bonchev–Trinajstić information content (AvgIpc) is 3.62. The smallest absolute Gasteiger partial charge is 0.202 e. The molecule has 2 N–H and O–H groups in total. The first-order chi connectivity index (χ1) is 18.9.